The number of halogens is 1. The van der Waals surface area contributed by atoms with Crippen molar-refractivity contribution in [3.05, 3.63) is 15.3 Å². The van der Waals surface area contributed by atoms with Gasteiger partial charge in [0.2, 0.25) is 0 Å². The molecule has 0 N–H and O–H groups in total. The zero-order valence-electron chi connectivity index (χ0n) is 9.39. The lowest BCUT2D eigenvalue weighted by Crippen LogP contribution is -2.14. The van der Waals surface area contributed by atoms with Crippen molar-refractivity contribution in [1.29, 1.82) is 0 Å². The van der Waals surface area contributed by atoms with Gasteiger partial charge in [-0.25, -0.2) is 4.79 Å². The van der Waals surface area contributed by atoms with Crippen molar-refractivity contribution < 1.29 is 22.1 Å². The summed E-state index contributed by atoms with van der Waals surface area (Å²) in [7, 11) is -2.84. The molecule has 0 aromatic carbocycles. The number of hydrogen-bond acceptors (Lipinski definition) is 6. The van der Waals surface area contributed by atoms with E-state index >= 15 is 0 Å². The van der Waals surface area contributed by atoms with Crippen LogP contribution in [0.3, 0.4) is 0 Å². The largest absolute Gasteiger partial charge is 0.465 e. The number of carbonyl (C=O) groups is 1. The Morgan fingerprint density at radius 2 is 2.06 bits per heavy atom. The highest BCUT2D eigenvalue weighted by Crippen LogP contribution is 2.32. The van der Waals surface area contributed by atoms with Crippen molar-refractivity contribution in [2.24, 2.45) is 0 Å². The van der Waals surface area contributed by atoms with Crippen LogP contribution < -0.4 is 0 Å². The van der Waals surface area contributed by atoms with E-state index in [0.717, 1.165) is 18.4 Å². The van der Waals surface area contributed by atoms with Crippen LogP contribution in [0, 0.1) is 0 Å². The summed E-state index contributed by atoms with van der Waals surface area (Å²) in [6.07, 6.45) is -0.524. The molecule has 17 heavy (non-hydrogen) atoms. The Bertz CT molecular complexity index is 517. The second-order valence-electron chi connectivity index (χ2n) is 3.33. The zero-order chi connectivity index (χ0) is 13.2. The highest BCUT2D eigenvalue weighted by atomic mass is 35.5. The van der Waals surface area contributed by atoms with Gasteiger partial charge in [0.15, 0.2) is 0 Å². The number of ether oxygens (including phenoxy) is 1. The Hall–Kier alpha value is -0.630. The number of thiophene rings is 1. The molecule has 0 unspecified atom stereocenters. The average molecular weight is 299 g/mol. The molecule has 0 saturated heterocycles. The van der Waals surface area contributed by atoms with E-state index in [0.29, 0.717) is 0 Å². The molecule has 0 atom stereocenters. The summed E-state index contributed by atoms with van der Waals surface area (Å²) in [6, 6.07) is 1.18. The first-order valence-corrected chi connectivity index (χ1v) is 7.19. The topological polar surface area (TPSA) is 69.7 Å². The molecular formula is C9H11ClO5S2. The molecule has 96 valence electrons. The third-order valence-corrected chi connectivity index (χ3v) is 4.50. The Kier molecular flexibility index (Phi) is 4.54. The molecule has 5 nitrogen and oxygen atoms in total. The average Bonchev–Trinajstić information content (AvgIpc) is 2.58. The molecule has 0 bridgehead atoms. The fourth-order valence-electron chi connectivity index (χ4n) is 1.07. The fourth-order valence-corrected chi connectivity index (χ4v) is 3.86. The molecular weight excluding hydrogens is 288 g/mol. The van der Waals surface area contributed by atoms with E-state index in [1.807, 2.05) is 0 Å². The van der Waals surface area contributed by atoms with E-state index in [1.165, 1.54) is 6.07 Å². The quantitative estimate of drug-likeness (QED) is 0.630. The summed E-state index contributed by atoms with van der Waals surface area (Å²) in [5.74, 6) is -0.757. The van der Waals surface area contributed by atoms with Crippen LogP contribution in [0.15, 0.2) is 11.0 Å². The van der Waals surface area contributed by atoms with Gasteiger partial charge in [-0.15, -0.1) is 11.3 Å². The van der Waals surface area contributed by atoms with Crippen LogP contribution in [0.5, 0.6) is 0 Å². The maximum absolute atomic E-state index is 11.8. The molecule has 1 aromatic rings. The minimum atomic E-state index is -4.00. The van der Waals surface area contributed by atoms with E-state index in [2.05, 4.69) is 4.74 Å². The minimum Gasteiger partial charge on any atom is -0.465 e. The lowest BCUT2D eigenvalue weighted by molar-refractivity contribution is 0.0601. The van der Waals surface area contributed by atoms with Crippen molar-refractivity contribution in [2.45, 2.75) is 24.8 Å². The molecule has 0 saturated carbocycles. The summed E-state index contributed by atoms with van der Waals surface area (Å²) < 4.78 is 33.1. The van der Waals surface area contributed by atoms with Gasteiger partial charge in [0, 0.05) is 0 Å². The highest BCUT2D eigenvalue weighted by Gasteiger charge is 2.28. The first-order valence-electron chi connectivity index (χ1n) is 4.59. The molecule has 1 aromatic heterocycles. The second-order valence-corrected chi connectivity index (χ2v) is 6.56. The number of hydrogen-bond donors (Lipinski definition) is 0. The SMILES string of the molecule is COC(=O)c1sc(Cl)cc1S(=O)(=O)OC(C)C. The summed E-state index contributed by atoms with van der Waals surface area (Å²) in [5.41, 5.74) is 0. The Morgan fingerprint density at radius 3 is 2.53 bits per heavy atom. The van der Waals surface area contributed by atoms with Crippen LogP contribution in [-0.4, -0.2) is 27.6 Å². The smallest absolute Gasteiger partial charge is 0.349 e. The first kappa shape index (κ1) is 14.4. The maximum Gasteiger partial charge on any atom is 0.349 e. The predicted molar refractivity (Wildman–Crippen MR) is 64.1 cm³/mol. The molecule has 1 heterocycles. The summed E-state index contributed by atoms with van der Waals surface area (Å²) in [4.78, 5) is 11.0. The van der Waals surface area contributed by atoms with E-state index < -0.39 is 22.2 Å². The van der Waals surface area contributed by atoms with Crippen molar-refractivity contribution in [1.82, 2.24) is 0 Å². The third-order valence-electron chi connectivity index (χ3n) is 1.63. The lowest BCUT2D eigenvalue weighted by Gasteiger charge is -2.07. The van der Waals surface area contributed by atoms with Crippen LogP contribution in [0.1, 0.15) is 23.5 Å². The van der Waals surface area contributed by atoms with E-state index in [9.17, 15) is 13.2 Å². The van der Waals surface area contributed by atoms with Crippen molar-refractivity contribution >= 4 is 39.0 Å². The van der Waals surface area contributed by atoms with Gasteiger partial charge in [0.1, 0.15) is 9.77 Å². The van der Waals surface area contributed by atoms with Gasteiger partial charge in [0.05, 0.1) is 17.6 Å². The Morgan fingerprint density at radius 1 is 1.47 bits per heavy atom. The summed E-state index contributed by atoms with van der Waals surface area (Å²) >= 11 is 6.53. The van der Waals surface area contributed by atoms with Gasteiger partial charge in [-0.05, 0) is 19.9 Å². The van der Waals surface area contributed by atoms with E-state index in [-0.39, 0.29) is 14.1 Å². The van der Waals surface area contributed by atoms with Gasteiger partial charge in [-0.3, -0.25) is 4.18 Å². The first-order chi connectivity index (χ1) is 7.77. The van der Waals surface area contributed by atoms with Gasteiger partial charge >= 0.3 is 5.97 Å². The van der Waals surface area contributed by atoms with E-state index in [4.69, 9.17) is 15.8 Å². The standard InChI is InChI=1S/C9H11ClO5S2/c1-5(2)15-17(12,13)6-4-7(10)16-8(6)9(11)14-3/h4-5H,1-3H3. The van der Waals surface area contributed by atoms with Crippen LogP contribution in [0.25, 0.3) is 0 Å². The van der Waals surface area contributed by atoms with Gasteiger partial charge in [0.25, 0.3) is 10.1 Å². The fraction of sp³-hybridized carbons (Fsp3) is 0.444. The number of methoxy groups -OCH3 is 1. The lowest BCUT2D eigenvalue weighted by atomic mass is 10.5. The van der Waals surface area contributed by atoms with Crippen LogP contribution in [-0.2, 0) is 19.0 Å². The number of esters is 1. The molecule has 0 amide bonds. The Balaban J connectivity index is 3.26. The van der Waals surface area contributed by atoms with Crippen molar-refractivity contribution in [3.8, 4) is 0 Å². The zero-order valence-corrected chi connectivity index (χ0v) is 11.8. The normalized spacial score (nSPS) is 11.8. The van der Waals surface area contributed by atoms with Gasteiger partial charge in [-0.2, -0.15) is 8.42 Å². The number of carbonyl (C=O) groups excluding carboxylic acids is 1. The number of rotatable bonds is 4. The minimum absolute atomic E-state index is 0.0850. The van der Waals surface area contributed by atoms with Gasteiger partial charge < -0.3 is 4.74 Å². The molecule has 0 aliphatic carbocycles. The second kappa shape index (κ2) is 5.34. The third kappa shape index (κ3) is 3.41. The predicted octanol–water partition coefficient (Wildman–Crippen LogP) is 2.30. The molecule has 0 aliphatic heterocycles. The van der Waals surface area contributed by atoms with Crippen LogP contribution >= 0.6 is 22.9 Å². The summed E-state index contributed by atoms with van der Waals surface area (Å²) in [5, 5.41) is 0. The maximum atomic E-state index is 11.8. The van der Waals surface area contributed by atoms with Crippen molar-refractivity contribution in [2.75, 3.05) is 7.11 Å². The Labute approximate surface area is 108 Å². The van der Waals surface area contributed by atoms with Crippen LogP contribution in [0.4, 0.5) is 0 Å². The summed E-state index contributed by atoms with van der Waals surface area (Å²) in [6.45, 7) is 3.15. The molecule has 0 aliphatic rings. The molecule has 0 fully saturated rings. The van der Waals surface area contributed by atoms with Crippen molar-refractivity contribution in [3.63, 3.8) is 0 Å². The molecule has 8 heteroatoms. The molecule has 0 spiro atoms. The molecule has 1 rings (SSSR count). The van der Waals surface area contributed by atoms with E-state index in [1.54, 1.807) is 13.8 Å². The monoisotopic (exact) mass is 298 g/mol. The molecule has 0 radical (unpaired) electrons. The highest BCUT2D eigenvalue weighted by molar-refractivity contribution is 7.87. The van der Waals surface area contributed by atoms with Crippen LogP contribution in [0.2, 0.25) is 4.34 Å². The van der Waals surface area contributed by atoms with Gasteiger partial charge in [-0.1, -0.05) is 11.6 Å².